The number of esters is 1. The lowest BCUT2D eigenvalue weighted by Gasteiger charge is -2.14. The fourth-order valence-electron chi connectivity index (χ4n) is 1.48. The number of benzene rings is 1. The number of alkyl halides is 1. The molecule has 1 rings (SSSR count). The summed E-state index contributed by atoms with van der Waals surface area (Å²) >= 11 is 5.91. The molecule has 0 aromatic heterocycles. The lowest BCUT2D eigenvalue weighted by molar-refractivity contribution is -0.134. The summed E-state index contributed by atoms with van der Waals surface area (Å²) in [7, 11) is 2.87. The van der Waals surface area contributed by atoms with Gasteiger partial charge in [0, 0.05) is 6.08 Å². The van der Waals surface area contributed by atoms with E-state index in [2.05, 4.69) is 4.74 Å². The Kier molecular flexibility index (Phi) is 7.82. The van der Waals surface area contributed by atoms with Gasteiger partial charge in [-0.05, 0) is 17.7 Å². The Morgan fingerprint density at radius 1 is 1.33 bits per heavy atom. The standard InChI is InChI=1S/C15H19ClO5/c1-19-12-5-3-11(4-6-12)9-21-10-14(17)13(16)7-8-15(18)20-2/h3-8,13-14,17H,9-10H2,1-2H3/b8-7+/t13-,14-/m1/s1. The molecular weight excluding hydrogens is 296 g/mol. The van der Waals surface area contributed by atoms with Crippen LogP contribution in [-0.2, 0) is 20.9 Å². The Morgan fingerprint density at radius 2 is 2.00 bits per heavy atom. The van der Waals surface area contributed by atoms with Gasteiger partial charge < -0.3 is 19.3 Å². The first-order valence-corrected chi connectivity index (χ1v) is 6.79. The molecular formula is C15H19ClO5. The highest BCUT2D eigenvalue weighted by atomic mass is 35.5. The van der Waals surface area contributed by atoms with Crippen LogP contribution >= 0.6 is 11.6 Å². The quantitative estimate of drug-likeness (QED) is 0.451. The van der Waals surface area contributed by atoms with Gasteiger partial charge in [-0.1, -0.05) is 18.2 Å². The van der Waals surface area contributed by atoms with E-state index in [-0.39, 0.29) is 6.61 Å². The molecule has 0 saturated carbocycles. The number of aliphatic hydroxyl groups is 1. The van der Waals surface area contributed by atoms with Crippen LogP contribution in [0.5, 0.6) is 5.75 Å². The SMILES string of the molecule is COC(=O)/C=C/[C@@H](Cl)[C@H](O)COCc1ccc(OC)cc1. The van der Waals surface area contributed by atoms with E-state index in [9.17, 15) is 9.90 Å². The van der Waals surface area contributed by atoms with Gasteiger partial charge in [0.15, 0.2) is 0 Å². The van der Waals surface area contributed by atoms with Gasteiger partial charge in [0.25, 0.3) is 0 Å². The molecule has 0 aliphatic carbocycles. The molecule has 1 N–H and O–H groups in total. The van der Waals surface area contributed by atoms with Gasteiger partial charge in [0.05, 0.1) is 38.9 Å². The number of halogens is 1. The maximum Gasteiger partial charge on any atom is 0.330 e. The molecule has 21 heavy (non-hydrogen) atoms. The van der Waals surface area contributed by atoms with E-state index in [0.29, 0.717) is 6.61 Å². The van der Waals surface area contributed by atoms with E-state index in [4.69, 9.17) is 21.1 Å². The molecule has 0 bridgehead atoms. The van der Waals surface area contributed by atoms with Crippen molar-refractivity contribution in [3.8, 4) is 5.75 Å². The van der Waals surface area contributed by atoms with Gasteiger partial charge in [0.1, 0.15) is 5.75 Å². The lowest BCUT2D eigenvalue weighted by atomic mass is 10.2. The van der Waals surface area contributed by atoms with Gasteiger partial charge in [-0.15, -0.1) is 11.6 Å². The largest absolute Gasteiger partial charge is 0.497 e. The molecule has 116 valence electrons. The Balaban J connectivity index is 2.33. The molecule has 0 spiro atoms. The van der Waals surface area contributed by atoms with Crippen LogP contribution in [0.1, 0.15) is 5.56 Å². The fourth-order valence-corrected chi connectivity index (χ4v) is 1.62. The topological polar surface area (TPSA) is 65.0 Å². The van der Waals surface area contributed by atoms with Crippen molar-refractivity contribution in [3.63, 3.8) is 0 Å². The molecule has 0 aliphatic rings. The molecule has 0 saturated heterocycles. The zero-order valence-electron chi connectivity index (χ0n) is 12.0. The number of hydrogen-bond acceptors (Lipinski definition) is 5. The first kappa shape index (κ1) is 17.5. The minimum atomic E-state index is -0.911. The third-order valence-corrected chi connectivity index (χ3v) is 3.14. The van der Waals surface area contributed by atoms with Crippen molar-refractivity contribution in [2.24, 2.45) is 0 Å². The fraction of sp³-hybridized carbons (Fsp3) is 0.400. The summed E-state index contributed by atoms with van der Waals surface area (Å²) in [6.07, 6.45) is 1.63. The molecule has 0 unspecified atom stereocenters. The highest BCUT2D eigenvalue weighted by Crippen LogP contribution is 2.12. The Bertz CT molecular complexity index is 458. The second-order valence-corrected chi connectivity index (χ2v) is 4.76. The number of carbonyl (C=O) groups excluding carboxylic acids is 1. The summed E-state index contributed by atoms with van der Waals surface area (Å²) in [4.78, 5) is 10.9. The molecule has 0 fully saturated rings. The zero-order chi connectivity index (χ0) is 15.7. The maximum absolute atomic E-state index is 10.9. The summed E-state index contributed by atoms with van der Waals surface area (Å²) in [5, 5.41) is 9.06. The van der Waals surface area contributed by atoms with Crippen LogP contribution in [0, 0.1) is 0 Å². The van der Waals surface area contributed by atoms with E-state index >= 15 is 0 Å². The molecule has 5 nitrogen and oxygen atoms in total. The van der Waals surface area contributed by atoms with Gasteiger partial charge >= 0.3 is 5.97 Å². The number of ether oxygens (including phenoxy) is 3. The molecule has 2 atom stereocenters. The van der Waals surface area contributed by atoms with Gasteiger partial charge in [-0.3, -0.25) is 0 Å². The summed E-state index contributed by atoms with van der Waals surface area (Å²) in [6, 6.07) is 7.41. The van der Waals surface area contributed by atoms with Crippen molar-refractivity contribution < 1.29 is 24.1 Å². The van der Waals surface area contributed by atoms with E-state index in [0.717, 1.165) is 11.3 Å². The summed E-state index contributed by atoms with van der Waals surface area (Å²) in [5.74, 6) is 0.250. The van der Waals surface area contributed by atoms with Crippen LogP contribution < -0.4 is 4.74 Å². The third-order valence-electron chi connectivity index (χ3n) is 2.70. The monoisotopic (exact) mass is 314 g/mol. The summed E-state index contributed by atoms with van der Waals surface area (Å²) in [6.45, 7) is 0.414. The van der Waals surface area contributed by atoms with E-state index in [1.807, 2.05) is 24.3 Å². The van der Waals surface area contributed by atoms with E-state index in [1.165, 1.54) is 19.3 Å². The number of rotatable bonds is 8. The van der Waals surface area contributed by atoms with Gasteiger partial charge in [0.2, 0.25) is 0 Å². The van der Waals surface area contributed by atoms with Crippen LogP contribution in [0.25, 0.3) is 0 Å². The van der Waals surface area contributed by atoms with Crippen LogP contribution in [0.15, 0.2) is 36.4 Å². The van der Waals surface area contributed by atoms with Crippen molar-refractivity contribution in [2.75, 3.05) is 20.8 Å². The first-order valence-electron chi connectivity index (χ1n) is 6.35. The number of aliphatic hydroxyl groups excluding tert-OH is 1. The zero-order valence-corrected chi connectivity index (χ0v) is 12.7. The predicted molar refractivity (Wildman–Crippen MR) is 79.5 cm³/mol. The molecule has 0 aliphatic heterocycles. The highest BCUT2D eigenvalue weighted by Gasteiger charge is 2.14. The Morgan fingerprint density at radius 3 is 2.57 bits per heavy atom. The molecule has 0 radical (unpaired) electrons. The maximum atomic E-state index is 10.9. The predicted octanol–water partition coefficient (Wildman–Crippen LogP) is 1.91. The Labute approximate surface area is 129 Å². The third kappa shape index (κ3) is 6.62. The first-order chi connectivity index (χ1) is 10.1. The summed E-state index contributed by atoms with van der Waals surface area (Å²) in [5.41, 5.74) is 0.958. The summed E-state index contributed by atoms with van der Waals surface area (Å²) < 4.78 is 14.9. The second-order valence-electron chi connectivity index (χ2n) is 4.26. The van der Waals surface area contributed by atoms with Crippen LogP contribution in [-0.4, -0.2) is 43.4 Å². The van der Waals surface area contributed by atoms with Crippen LogP contribution in [0.4, 0.5) is 0 Å². The van der Waals surface area contributed by atoms with Crippen molar-refractivity contribution >= 4 is 17.6 Å². The van der Waals surface area contributed by atoms with Crippen molar-refractivity contribution in [3.05, 3.63) is 42.0 Å². The normalized spacial score (nSPS) is 13.9. The van der Waals surface area contributed by atoms with Crippen LogP contribution in [0.3, 0.4) is 0 Å². The minimum absolute atomic E-state index is 0.0612. The van der Waals surface area contributed by atoms with Gasteiger partial charge in [-0.2, -0.15) is 0 Å². The molecule has 0 heterocycles. The number of methoxy groups -OCH3 is 2. The second kappa shape index (κ2) is 9.39. The highest BCUT2D eigenvalue weighted by molar-refractivity contribution is 6.22. The molecule has 0 amide bonds. The minimum Gasteiger partial charge on any atom is -0.497 e. The molecule has 1 aromatic rings. The van der Waals surface area contributed by atoms with Crippen molar-refractivity contribution in [1.29, 1.82) is 0 Å². The molecule has 6 heteroatoms. The van der Waals surface area contributed by atoms with E-state index in [1.54, 1.807) is 7.11 Å². The lowest BCUT2D eigenvalue weighted by Crippen LogP contribution is -2.25. The average Bonchev–Trinajstić information content (AvgIpc) is 2.52. The van der Waals surface area contributed by atoms with Crippen molar-refractivity contribution in [1.82, 2.24) is 0 Å². The van der Waals surface area contributed by atoms with Gasteiger partial charge in [-0.25, -0.2) is 4.79 Å². The average molecular weight is 315 g/mol. The van der Waals surface area contributed by atoms with Crippen LogP contribution in [0.2, 0.25) is 0 Å². The molecule has 1 aromatic carbocycles. The van der Waals surface area contributed by atoms with E-state index < -0.39 is 17.5 Å². The Hall–Kier alpha value is -1.56. The number of hydrogen-bond donors (Lipinski definition) is 1. The van der Waals surface area contributed by atoms with Crippen molar-refractivity contribution in [2.45, 2.75) is 18.1 Å². The number of carbonyl (C=O) groups is 1. The smallest absolute Gasteiger partial charge is 0.330 e.